The first-order valence-corrected chi connectivity index (χ1v) is 2.45. The van der Waals surface area contributed by atoms with Crippen molar-refractivity contribution < 1.29 is 4.79 Å². The lowest BCUT2D eigenvalue weighted by atomic mass is 10.6. The largest absolute Gasteiger partial charge is 0.351 e. The number of hydrogen-bond acceptors (Lipinski definition) is 3. The SMILES string of the molecule is O=CNCc1ncn[nH]1. The number of amides is 1. The third kappa shape index (κ3) is 1.52. The number of H-pyrrole nitrogens is 1. The van der Waals surface area contributed by atoms with Crippen molar-refractivity contribution in [3.63, 3.8) is 0 Å². The number of hydrogen-bond donors (Lipinski definition) is 2. The Bertz CT molecular complexity index is 171. The normalized spacial score (nSPS) is 8.89. The first-order chi connectivity index (χ1) is 4.43. The molecule has 5 heteroatoms. The third-order valence-electron chi connectivity index (χ3n) is 0.818. The highest BCUT2D eigenvalue weighted by Gasteiger charge is 1.89. The summed E-state index contributed by atoms with van der Waals surface area (Å²) in [5, 5.41) is 8.61. The number of nitrogens with zero attached hydrogens (tertiary/aromatic N) is 2. The summed E-state index contributed by atoms with van der Waals surface area (Å²) in [6.45, 7) is 0.406. The average Bonchev–Trinajstić information content (AvgIpc) is 2.34. The Morgan fingerprint density at radius 2 is 2.78 bits per heavy atom. The molecule has 9 heavy (non-hydrogen) atoms. The molecule has 0 aliphatic heterocycles. The molecule has 1 aromatic heterocycles. The lowest BCUT2D eigenvalue weighted by Gasteiger charge is -1.88. The molecule has 0 atom stereocenters. The number of aromatic amines is 1. The molecule has 0 fully saturated rings. The highest BCUT2D eigenvalue weighted by Crippen LogP contribution is 1.80. The van der Waals surface area contributed by atoms with Gasteiger partial charge >= 0.3 is 0 Å². The van der Waals surface area contributed by atoms with Crippen LogP contribution in [0.15, 0.2) is 6.33 Å². The smallest absolute Gasteiger partial charge is 0.207 e. The number of nitrogens with one attached hydrogen (secondary N) is 2. The second-order valence-corrected chi connectivity index (χ2v) is 1.43. The molecule has 1 aromatic rings. The third-order valence-corrected chi connectivity index (χ3v) is 0.818. The highest BCUT2D eigenvalue weighted by atomic mass is 16.1. The molecule has 1 amide bonds. The van der Waals surface area contributed by atoms with Crippen LogP contribution in [-0.4, -0.2) is 21.6 Å². The van der Waals surface area contributed by atoms with Crippen LogP contribution in [0.2, 0.25) is 0 Å². The van der Waals surface area contributed by atoms with Gasteiger partial charge in [0.1, 0.15) is 12.2 Å². The number of carbonyl (C=O) groups is 1. The van der Waals surface area contributed by atoms with E-state index in [1.54, 1.807) is 0 Å². The van der Waals surface area contributed by atoms with E-state index in [4.69, 9.17) is 0 Å². The molecule has 0 radical (unpaired) electrons. The van der Waals surface area contributed by atoms with Gasteiger partial charge in [-0.15, -0.1) is 0 Å². The van der Waals surface area contributed by atoms with Gasteiger partial charge in [0.2, 0.25) is 6.41 Å². The van der Waals surface area contributed by atoms with Crippen molar-refractivity contribution >= 4 is 6.41 Å². The molecule has 0 unspecified atom stereocenters. The van der Waals surface area contributed by atoms with E-state index in [2.05, 4.69) is 20.5 Å². The van der Waals surface area contributed by atoms with Crippen LogP contribution in [0.25, 0.3) is 0 Å². The first-order valence-electron chi connectivity index (χ1n) is 2.45. The van der Waals surface area contributed by atoms with E-state index in [1.165, 1.54) is 6.33 Å². The fraction of sp³-hybridized carbons (Fsp3) is 0.250. The maximum atomic E-state index is 9.73. The molecule has 1 rings (SSSR count). The Balaban J connectivity index is 2.38. The molecule has 0 bridgehead atoms. The standard InChI is InChI=1S/C4H6N4O/c9-3-5-1-4-6-2-7-8-4/h2-3H,1H2,(H,5,9)(H,6,7,8). The lowest BCUT2D eigenvalue weighted by molar-refractivity contribution is -0.109. The van der Waals surface area contributed by atoms with Crippen LogP contribution < -0.4 is 5.32 Å². The minimum atomic E-state index is 0.406. The molecule has 0 aromatic carbocycles. The Kier molecular flexibility index (Phi) is 1.79. The van der Waals surface area contributed by atoms with E-state index in [1.807, 2.05) is 0 Å². The van der Waals surface area contributed by atoms with Gasteiger partial charge in [0.25, 0.3) is 0 Å². The molecule has 48 valence electrons. The van der Waals surface area contributed by atoms with Gasteiger partial charge in [-0.2, -0.15) is 5.10 Å². The number of carbonyl (C=O) groups excluding carboxylic acids is 1. The van der Waals surface area contributed by atoms with Crippen LogP contribution in [0.4, 0.5) is 0 Å². The molecule has 0 spiro atoms. The Hall–Kier alpha value is -1.39. The van der Waals surface area contributed by atoms with Gasteiger partial charge in [-0.1, -0.05) is 0 Å². The lowest BCUT2D eigenvalue weighted by Crippen LogP contribution is -2.10. The summed E-state index contributed by atoms with van der Waals surface area (Å²) in [7, 11) is 0. The molecule has 0 saturated heterocycles. The molecule has 0 aliphatic rings. The zero-order valence-electron chi connectivity index (χ0n) is 4.66. The molecular formula is C4H6N4O. The van der Waals surface area contributed by atoms with Crippen molar-refractivity contribution in [2.75, 3.05) is 0 Å². The summed E-state index contributed by atoms with van der Waals surface area (Å²) in [5.41, 5.74) is 0. The Morgan fingerprint density at radius 1 is 1.89 bits per heavy atom. The minimum absolute atomic E-state index is 0.406. The second-order valence-electron chi connectivity index (χ2n) is 1.43. The maximum absolute atomic E-state index is 9.73. The van der Waals surface area contributed by atoms with Crippen molar-refractivity contribution in [1.82, 2.24) is 20.5 Å². The Labute approximate surface area is 51.5 Å². The van der Waals surface area contributed by atoms with Crippen LogP contribution >= 0.6 is 0 Å². The molecular weight excluding hydrogens is 120 g/mol. The summed E-state index contributed by atoms with van der Waals surface area (Å²) in [5.74, 6) is 0.655. The fourth-order valence-electron chi connectivity index (χ4n) is 0.454. The zero-order chi connectivity index (χ0) is 6.53. The van der Waals surface area contributed by atoms with Gasteiger partial charge in [-0.25, -0.2) is 4.98 Å². The summed E-state index contributed by atoms with van der Waals surface area (Å²) in [4.78, 5) is 13.5. The summed E-state index contributed by atoms with van der Waals surface area (Å²) in [6, 6.07) is 0. The van der Waals surface area contributed by atoms with E-state index in [0.717, 1.165) is 0 Å². The van der Waals surface area contributed by atoms with Crippen LogP contribution in [0, 0.1) is 0 Å². The summed E-state index contributed by atoms with van der Waals surface area (Å²) < 4.78 is 0. The predicted molar refractivity (Wildman–Crippen MR) is 29.3 cm³/mol. The van der Waals surface area contributed by atoms with Crippen molar-refractivity contribution in [2.45, 2.75) is 6.54 Å². The van der Waals surface area contributed by atoms with E-state index >= 15 is 0 Å². The van der Waals surface area contributed by atoms with Gasteiger partial charge in [-0.3, -0.25) is 9.89 Å². The quantitative estimate of drug-likeness (QED) is 0.513. The predicted octanol–water partition coefficient (Wildman–Crippen LogP) is -0.949. The summed E-state index contributed by atoms with van der Waals surface area (Å²) >= 11 is 0. The van der Waals surface area contributed by atoms with E-state index in [9.17, 15) is 4.79 Å². The van der Waals surface area contributed by atoms with Gasteiger partial charge in [-0.05, 0) is 0 Å². The van der Waals surface area contributed by atoms with Gasteiger partial charge < -0.3 is 5.32 Å². The Morgan fingerprint density at radius 3 is 3.33 bits per heavy atom. The van der Waals surface area contributed by atoms with Gasteiger partial charge in [0.15, 0.2) is 0 Å². The molecule has 2 N–H and O–H groups in total. The van der Waals surface area contributed by atoms with E-state index < -0.39 is 0 Å². The average molecular weight is 126 g/mol. The maximum Gasteiger partial charge on any atom is 0.207 e. The molecule has 5 nitrogen and oxygen atoms in total. The first kappa shape index (κ1) is 5.74. The van der Waals surface area contributed by atoms with E-state index in [0.29, 0.717) is 18.8 Å². The number of rotatable bonds is 3. The fourth-order valence-corrected chi connectivity index (χ4v) is 0.454. The van der Waals surface area contributed by atoms with Crippen LogP contribution in [0.5, 0.6) is 0 Å². The van der Waals surface area contributed by atoms with Crippen molar-refractivity contribution in [3.05, 3.63) is 12.2 Å². The number of aromatic nitrogens is 3. The second kappa shape index (κ2) is 2.81. The highest BCUT2D eigenvalue weighted by molar-refractivity contribution is 5.45. The van der Waals surface area contributed by atoms with Crippen molar-refractivity contribution in [3.8, 4) is 0 Å². The van der Waals surface area contributed by atoms with Crippen LogP contribution in [-0.2, 0) is 11.3 Å². The van der Waals surface area contributed by atoms with Crippen LogP contribution in [0.1, 0.15) is 5.82 Å². The van der Waals surface area contributed by atoms with E-state index in [-0.39, 0.29) is 0 Å². The van der Waals surface area contributed by atoms with Crippen molar-refractivity contribution in [2.24, 2.45) is 0 Å². The van der Waals surface area contributed by atoms with Gasteiger partial charge in [0, 0.05) is 0 Å². The van der Waals surface area contributed by atoms with Crippen LogP contribution in [0.3, 0.4) is 0 Å². The minimum Gasteiger partial charge on any atom is -0.351 e. The zero-order valence-corrected chi connectivity index (χ0v) is 4.66. The monoisotopic (exact) mass is 126 g/mol. The summed E-state index contributed by atoms with van der Waals surface area (Å²) in [6.07, 6.45) is 2.00. The molecule has 0 aliphatic carbocycles. The topological polar surface area (TPSA) is 70.7 Å². The van der Waals surface area contributed by atoms with Crippen molar-refractivity contribution in [1.29, 1.82) is 0 Å². The molecule has 0 saturated carbocycles. The van der Waals surface area contributed by atoms with Gasteiger partial charge in [0.05, 0.1) is 6.54 Å². The molecule has 1 heterocycles.